The molecule has 2 heterocycles. The third-order valence-corrected chi connectivity index (χ3v) is 5.03. The monoisotopic (exact) mass is 381 g/mol. The molecule has 0 unspecified atom stereocenters. The van der Waals surface area contributed by atoms with Crippen LogP contribution >= 0.6 is 0 Å². The average molecular weight is 381 g/mol. The lowest BCUT2D eigenvalue weighted by Crippen LogP contribution is -2.45. The summed E-state index contributed by atoms with van der Waals surface area (Å²) >= 11 is 0. The molecule has 0 amide bonds. The van der Waals surface area contributed by atoms with Gasteiger partial charge in [-0.05, 0) is 35.4 Å². The Morgan fingerprint density at radius 3 is 2.64 bits per heavy atom. The summed E-state index contributed by atoms with van der Waals surface area (Å²) in [6.45, 7) is 5.96. The zero-order chi connectivity index (χ0) is 19.3. The highest BCUT2D eigenvalue weighted by Crippen LogP contribution is 2.33. The molecule has 1 saturated heterocycles. The van der Waals surface area contributed by atoms with E-state index >= 15 is 0 Å². The van der Waals surface area contributed by atoms with E-state index in [0.29, 0.717) is 5.75 Å². The standard InChI is InChI=1S/C21H24FN5O/c1-28-19-13-16(15-2-4-17(22)5-3-15)12-18-20(19)25-14-26-21(18)24-8-11-27-9-6-23-7-10-27/h2-5,12-14,23H,6-11H2,1H3,(H,24,25,26). The summed E-state index contributed by atoms with van der Waals surface area (Å²) in [5, 5.41) is 7.70. The van der Waals surface area contributed by atoms with E-state index in [1.807, 2.05) is 12.1 Å². The van der Waals surface area contributed by atoms with Gasteiger partial charge in [0.1, 0.15) is 29.2 Å². The molecule has 0 atom stereocenters. The van der Waals surface area contributed by atoms with Gasteiger partial charge in [0.05, 0.1) is 7.11 Å². The fraction of sp³-hybridized carbons (Fsp3) is 0.333. The van der Waals surface area contributed by atoms with Gasteiger partial charge in [-0.2, -0.15) is 0 Å². The first-order valence-electron chi connectivity index (χ1n) is 9.50. The summed E-state index contributed by atoms with van der Waals surface area (Å²) in [7, 11) is 1.63. The minimum absolute atomic E-state index is 0.255. The first-order chi connectivity index (χ1) is 13.7. The molecule has 2 aromatic carbocycles. The van der Waals surface area contributed by atoms with E-state index in [2.05, 4.69) is 25.5 Å². The second-order valence-corrected chi connectivity index (χ2v) is 6.82. The van der Waals surface area contributed by atoms with Crippen LogP contribution in [0.2, 0.25) is 0 Å². The van der Waals surface area contributed by atoms with Crippen LogP contribution in [0.25, 0.3) is 22.0 Å². The predicted molar refractivity (Wildman–Crippen MR) is 109 cm³/mol. The molecule has 1 aliphatic rings. The first-order valence-corrected chi connectivity index (χ1v) is 9.50. The molecular formula is C21H24FN5O. The Kier molecular flexibility index (Phi) is 5.64. The van der Waals surface area contributed by atoms with Crippen molar-refractivity contribution in [1.82, 2.24) is 20.2 Å². The molecule has 28 heavy (non-hydrogen) atoms. The van der Waals surface area contributed by atoms with Crippen molar-refractivity contribution >= 4 is 16.7 Å². The lowest BCUT2D eigenvalue weighted by Gasteiger charge is -2.27. The lowest BCUT2D eigenvalue weighted by atomic mass is 10.0. The van der Waals surface area contributed by atoms with E-state index in [4.69, 9.17) is 4.74 Å². The summed E-state index contributed by atoms with van der Waals surface area (Å²) in [5.74, 6) is 1.20. The number of anilines is 1. The lowest BCUT2D eigenvalue weighted by molar-refractivity contribution is 0.249. The Morgan fingerprint density at radius 2 is 1.89 bits per heavy atom. The molecule has 0 aliphatic carbocycles. The Bertz CT molecular complexity index is 941. The van der Waals surface area contributed by atoms with Crippen molar-refractivity contribution in [2.75, 3.05) is 51.7 Å². The molecule has 6 nitrogen and oxygen atoms in total. The van der Waals surface area contributed by atoms with Crippen LogP contribution in [0.3, 0.4) is 0 Å². The molecule has 2 N–H and O–H groups in total. The number of nitrogens with one attached hydrogen (secondary N) is 2. The third kappa shape index (κ3) is 4.05. The first kappa shape index (κ1) is 18.6. The van der Waals surface area contributed by atoms with Crippen LogP contribution in [0.1, 0.15) is 0 Å². The van der Waals surface area contributed by atoms with Gasteiger partial charge in [0.2, 0.25) is 0 Å². The van der Waals surface area contributed by atoms with Crippen molar-refractivity contribution in [3.05, 3.63) is 48.5 Å². The number of benzene rings is 2. The van der Waals surface area contributed by atoms with Crippen LogP contribution in [0.15, 0.2) is 42.7 Å². The Labute approximate surface area is 163 Å². The van der Waals surface area contributed by atoms with Crippen molar-refractivity contribution in [3.8, 4) is 16.9 Å². The Hall–Kier alpha value is -2.77. The highest BCUT2D eigenvalue weighted by molar-refractivity contribution is 5.96. The topological polar surface area (TPSA) is 62.3 Å². The molecular weight excluding hydrogens is 357 g/mol. The highest BCUT2D eigenvalue weighted by Gasteiger charge is 2.13. The van der Waals surface area contributed by atoms with Crippen molar-refractivity contribution in [1.29, 1.82) is 0 Å². The van der Waals surface area contributed by atoms with E-state index in [0.717, 1.165) is 67.1 Å². The Morgan fingerprint density at radius 1 is 1.11 bits per heavy atom. The van der Waals surface area contributed by atoms with Crippen LogP contribution < -0.4 is 15.4 Å². The summed E-state index contributed by atoms with van der Waals surface area (Å²) < 4.78 is 18.9. The van der Waals surface area contributed by atoms with E-state index in [9.17, 15) is 4.39 Å². The second kappa shape index (κ2) is 8.50. The maximum atomic E-state index is 13.3. The van der Waals surface area contributed by atoms with Crippen molar-refractivity contribution in [2.45, 2.75) is 0 Å². The average Bonchev–Trinajstić information content (AvgIpc) is 2.74. The summed E-state index contributed by atoms with van der Waals surface area (Å²) in [6.07, 6.45) is 1.55. The van der Waals surface area contributed by atoms with Gasteiger partial charge in [-0.3, -0.25) is 4.90 Å². The number of nitrogens with zero attached hydrogens (tertiary/aromatic N) is 3. The molecule has 1 aromatic heterocycles. The van der Waals surface area contributed by atoms with Crippen LogP contribution in [-0.2, 0) is 0 Å². The van der Waals surface area contributed by atoms with Crippen molar-refractivity contribution in [2.24, 2.45) is 0 Å². The number of rotatable bonds is 6. The van der Waals surface area contributed by atoms with E-state index in [1.165, 1.54) is 12.1 Å². The summed E-state index contributed by atoms with van der Waals surface area (Å²) in [5.41, 5.74) is 2.61. The summed E-state index contributed by atoms with van der Waals surface area (Å²) in [6, 6.07) is 10.4. The smallest absolute Gasteiger partial charge is 0.145 e. The van der Waals surface area contributed by atoms with Gasteiger partial charge in [-0.1, -0.05) is 12.1 Å². The molecule has 3 aromatic rings. The van der Waals surface area contributed by atoms with Crippen LogP contribution in [0, 0.1) is 5.82 Å². The molecule has 1 fully saturated rings. The number of piperazine rings is 1. The molecule has 7 heteroatoms. The van der Waals surface area contributed by atoms with Crippen LogP contribution in [0.5, 0.6) is 5.75 Å². The maximum absolute atomic E-state index is 13.3. The maximum Gasteiger partial charge on any atom is 0.145 e. The summed E-state index contributed by atoms with van der Waals surface area (Å²) in [4.78, 5) is 11.3. The SMILES string of the molecule is COc1cc(-c2ccc(F)cc2)cc2c(NCCN3CCNCC3)ncnc12. The van der Waals surface area contributed by atoms with E-state index in [-0.39, 0.29) is 5.82 Å². The predicted octanol–water partition coefficient (Wildman–Crippen LogP) is 2.76. The van der Waals surface area contributed by atoms with Gasteiger partial charge < -0.3 is 15.4 Å². The number of methoxy groups -OCH3 is 1. The molecule has 0 radical (unpaired) electrons. The quantitative estimate of drug-likeness (QED) is 0.685. The molecule has 0 bridgehead atoms. The third-order valence-electron chi connectivity index (χ3n) is 5.03. The highest BCUT2D eigenvalue weighted by atomic mass is 19.1. The Balaban J connectivity index is 1.62. The zero-order valence-electron chi connectivity index (χ0n) is 15.9. The minimum Gasteiger partial charge on any atom is -0.494 e. The molecule has 4 rings (SSSR count). The molecule has 1 aliphatic heterocycles. The normalized spacial score (nSPS) is 14.9. The zero-order valence-corrected chi connectivity index (χ0v) is 15.9. The van der Waals surface area contributed by atoms with Gasteiger partial charge in [0.15, 0.2) is 0 Å². The van der Waals surface area contributed by atoms with Crippen LogP contribution in [0.4, 0.5) is 10.2 Å². The molecule has 0 spiro atoms. The number of hydrogen-bond acceptors (Lipinski definition) is 6. The van der Waals surface area contributed by atoms with Crippen molar-refractivity contribution < 1.29 is 9.13 Å². The number of hydrogen-bond donors (Lipinski definition) is 2. The van der Waals surface area contributed by atoms with E-state index in [1.54, 1.807) is 25.6 Å². The molecule has 146 valence electrons. The van der Waals surface area contributed by atoms with Crippen molar-refractivity contribution in [3.63, 3.8) is 0 Å². The minimum atomic E-state index is -0.255. The number of ether oxygens (including phenoxy) is 1. The number of aromatic nitrogens is 2. The largest absolute Gasteiger partial charge is 0.494 e. The second-order valence-electron chi connectivity index (χ2n) is 6.82. The van der Waals surface area contributed by atoms with E-state index < -0.39 is 0 Å². The molecule has 0 saturated carbocycles. The fourth-order valence-electron chi connectivity index (χ4n) is 3.51. The van der Waals surface area contributed by atoms with Gasteiger partial charge in [0.25, 0.3) is 0 Å². The number of halogens is 1. The van der Waals surface area contributed by atoms with Crippen LogP contribution in [-0.4, -0.2) is 61.2 Å². The van der Waals surface area contributed by atoms with Gasteiger partial charge in [0, 0.05) is 44.7 Å². The van der Waals surface area contributed by atoms with Gasteiger partial charge >= 0.3 is 0 Å². The number of fused-ring (bicyclic) bond motifs is 1. The van der Waals surface area contributed by atoms with Gasteiger partial charge in [-0.25, -0.2) is 14.4 Å². The van der Waals surface area contributed by atoms with Gasteiger partial charge in [-0.15, -0.1) is 0 Å². The fourth-order valence-corrected chi connectivity index (χ4v) is 3.51.